The molecule has 1 atom stereocenters. The predicted molar refractivity (Wildman–Crippen MR) is 94.0 cm³/mol. The molecule has 1 N–H and O–H groups in total. The summed E-state index contributed by atoms with van der Waals surface area (Å²) < 4.78 is 0. The Morgan fingerprint density at radius 1 is 1.17 bits per heavy atom. The Balaban J connectivity index is 1.52. The van der Waals surface area contributed by atoms with Crippen LogP contribution in [0.4, 0.5) is 11.4 Å². The number of piperidine rings is 1. The molecule has 6 nitrogen and oxygen atoms in total. The number of nitro groups is 1. The lowest BCUT2D eigenvalue weighted by molar-refractivity contribution is -0.384. The van der Waals surface area contributed by atoms with Crippen LogP contribution in [-0.2, 0) is 0 Å². The standard InChI is InChI=1S/C18H22N4O2/c1-14(15-6-10-19-11-7-15)21-12-8-17(9-13-21)20-16-2-4-18(5-3-16)22(23)24/h2-7,10-11,14,17,20H,8-9,12-13H2,1H3/t14-/m1/s1. The van der Waals surface area contributed by atoms with Crippen LogP contribution in [0.2, 0.25) is 0 Å². The van der Waals surface area contributed by atoms with Gasteiger partial charge in [0.25, 0.3) is 5.69 Å². The lowest BCUT2D eigenvalue weighted by Crippen LogP contribution is -2.40. The zero-order valence-electron chi connectivity index (χ0n) is 13.8. The number of pyridine rings is 1. The third-order valence-electron chi connectivity index (χ3n) is 4.71. The Bertz CT molecular complexity index is 667. The Hall–Kier alpha value is -2.47. The highest BCUT2D eigenvalue weighted by molar-refractivity contribution is 5.49. The average Bonchev–Trinajstić information content (AvgIpc) is 2.63. The minimum Gasteiger partial charge on any atom is -0.382 e. The number of nitrogens with zero attached hydrogens (tertiary/aromatic N) is 3. The molecule has 2 aromatic rings. The van der Waals surface area contributed by atoms with Crippen LogP contribution in [0.25, 0.3) is 0 Å². The van der Waals surface area contributed by atoms with Gasteiger partial charge in [-0.1, -0.05) is 0 Å². The molecule has 0 aliphatic carbocycles. The molecule has 1 aromatic carbocycles. The van der Waals surface area contributed by atoms with Gasteiger partial charge in [-0.25, -0.2) is 0 Å². The number of nitrogens with one attached hydrogen (secondary N) is 1. The van der Waals surface area contributed by atoms with Crippen LogP contribution in [0.5, 0.6) is 0 Å². The van der Waals surface area contributed by atoms with Crippen molar-refractivity contribution in [3.8, 4) is 0 Å². The fraction of sp³-hybridized carbons (Fsp3) is 0.389. The van der Waals surface area contributed by atoms with Crippen molar-refractivity contribution < 1.29 is 4.92 Å². The first-order chi connectivity index (χ1) is 11.6. The van der Waals surface area contributed by atoms with E-state index in [2.05, 4.69) is 34.3 Å². The van der Waals surface area contributed by atoms with Gasteiger partial charge in [-0.05, 0) is 49.6 Å². The van der Waals surface area contributed by atoms with E-state index in [1.165, 1.54) is 5.56 Å². The van der Waals surface area contributed by atoms with E-state index in [-0.39, 0.29) is 10.6 Å². The fourth-order valence-corrected chi connectivity index (χ4v) is 3.20. The van der Waals surface area contributed by atoms with Crippen molar-refractivity contribution in [3.05, 3.63) is 64.5 Å². The van der Waals surface area contributed by atoms with E-state index in [1.807, 2.05) is 12.4 Å². The zero-order valence-corrected chi connectivity index (χ0v) is 13.8. The second kappa shape index (κ2) is 7.40. The Labute approximate surface area is 141 Å². The molecule has 3 rings (SSSR count). The van der Waals surface area contributed by atoms with Crippen molar-refractivity contribution in [2.45, 2.75) is 31.8 Å². The van der Waals surface area contributed by atoms with E-state index >= 15 is 0 Å². The summed E-state index contributed by atoms with van der Waals surface area (Å²) in [6.45, 7) is 4.31. The van der Waals surface area contributed by atoms with Crippen LogP contribution >= 0.6 is 0 Å². The quantitative estimate of drug-likeness (QED) is 0.671. The van der Waals surface area contributed by atoms with Crippen LogP contribution in [0.1, 0.15) is 31.4 Å². The number of benzene rings is 1. The highest BCUT2D eigenvalue weighted by atomic mass is 16.6. The summed E-state index contributed by atoms with van der Waals surface area (Å²) in [6, 6.07) is 11.6. The summed E-state index contributed by atoms with van der Waals surface area (Å²) in [5, 5.41) is 14.2. The smallest absolute Gasteiger partial charge is 0.269 e. The molecule has 0 unspecified atom stereocenters. The highest BCUT2D eigenvalue weighted by Gasteiger charge is 2.23. The third kappa shape index (κ3) is 3.89. The van der Waals surface area contributed by atoms with Crippen molar-refractivity contribution in [3.63, 3.8) is 0 Å². The second-order valence-electron chi connectivity index (χ2n) is 6.22. The van der Waals surface area contributed by atoms with E-state index in [0.29, 0.717) is 12.1 Å². The molecule has 2 heterocycles. The zero-order chi connectivity index (χ0) is 16.9. The number of likely N-dealkylation sites (tertiary alicyclic amines) is 1. The Morgan fingerprint density at radius 2 is 1.79 bits per heavy atom. The van der Waals surface area contributed by atoms with Gasteiger partial charge in [0.1, 0.15) is 0 Å². The summed E-state index contributed by atoms with van der Waals surface area (Å²) in [5.41, 5.74) is 2.37. The van der Waals surface area contributed by atoms with Gasteiger partial charge in [0.05, 0.1) is 4.92 Å². The van der Waals surface area contributed by atoms with Crippen LogP contribution in [0.15, 0.2) is 48.8 Å². The van der Waals surface area contributed by atoms with Gasteiger partial charge < -0.3 is 5.32 Å². The molecule has 0 amide bonds. The first-order valence-electron chi connectivity index (χ1n) is 8.28. The van der Waals surface area contributed by atoms with Crippen LogP contribution < -0.4 is 5.32 Å². The van der Waals surface area contributed by atoms with Gasteiger partial charge >= 0.3 is 0 Å². The maximum atomic E-state index is 10.7. The molecule has 24 heavy (non-hydrogen) atoms. The molecule has 0 saturated carbocycles. The SMILES string of the molecule is C[C@H](c1ccncc1)N1CCC(Nc2ccc([N+](=O)[O-])cc2)CC1. The van der Waals surface area contributed by atoms with Gasteiger partial charge in [-0.15, -0.1) is 0 Å². The van der Waals surface area contributed by atoms with E-state index in [0.717, 1.165) is 31.6 Å². The number of nitro benzene ring substituents is 1. The van der Waals surface area contributed by atoms with Gasteiger partial charge in [-0.2, -0.15) is 0 Å². The van der Waals surface area contributed by atoms with Crippen LogP contribution in [0, 0.1) is 10.1 Å². The molecule has 1 aliphatic rings. The topological polar surface area (TPSA) is 71.3 Å². The van der Waals surface area contributed by atoms with E-state index in [4.69, 9.17) is 0 Å². The van der Waals surface area contributed by atoms with Gasteiger partial charge in [0.15, 0.2) is 0 Å². The molecule has 1 aliphatic heterocycles. The van der Waals surface area contributed by atoms with Gasteiger partial charge in [0, 0.05) is 55.4 Å². The number of rotatable bonds is 5. The lowest BCUT2D eigenvalue weighted by Gasteiger charge is -2.36. The monoisotopic (exact) mass is 326 g/mol. The first kappa shape index (κ1) is 16.4. The van der Waals surface area contributed by atoms with Crippen molar-refractivity contribution in [1.82, 2.24) is 9.88 Å². The van der Waals surface area contributed by atoms with Crippen molar-refractivity contribution in [2.24, 2.45) is 0 Å². The molecular formula is C18H22N4O2. The summed E-state index contributed by atoms with van der Waals surface area (Å²) >= 11 is 0. The first-order valence-corrected chi connectivity index (χ1v) is 8.28. The largest absolute Gasteiger partial charge is 0.382 e. The number of aromatic nitrogens is 1. The van der Waals surface area contributed by atoms with Crippen molar-refractivity contribution in [2.75, 3.05) is 18.4 Å². The number of hydrogen-bond acceptors (Lipinski definition) is 5. The number of hydrogen-bond donors (Lipinski definition) is 1. The molecule has 0 radical (unpaired) electrons. The molecule has 1 fully saturated rings. The molecule has 0 bridgehead atoms. The molecular weight excluding hydrogens is 304 g/mol. The maximum Gasteiger partial charge on any atom is 0.269 e. The second-order valence-corrected chi connectivity index (χ2v) is 6.22. The van der Waals surface area contributed by atoms with Gasteiger partial charge in [-0.3, -0.25) is 20.0 Å². The highest BCUT2D eigenvalue weighted by Crippen LogP contribution is 2.25. The molecule has 1 aromatic heterocycles. The van der Waals surface area contributed by atoms with E-state index in [1.54, 1.807) is 24.3 Å². The van der Waals surface area contributed by atoms with Crippen LogP contribution in [-0.4, -0.2) is 33.9 Å². The van der Waals surface area contributed by atoms with E-state index in [9.17, 15) is 10.1 Å². The number of non-ortho nitro benzene ring substituents is 1. The van der Waals surface area contributed by atoms with Crippen molar-refractivity contribution >= 4 is 11.4 Å². The van der Waals surface area contributed by atoms with Gasteiger partial charge in [0.2, 0.25) is 0 Å². The molecule has 126 valence electrons. The summed E-state index contributed by atoms with van der Waals surface area (Å²) in [7, 11) is 0. The summed E-state index contributed by atoms with van der Waals surface area (Å²) in [4.78, 5) is 16.9. The molecule has 0 spiro atoms. The van der Waals surface area contributed by atoms with Crippen molar-refractivity contribution in [1.29, 1.82) is 0 Å². The lowest BCUT2D eigenvalue weighted by atomic mass is 10.0. The predicted octanol–water partition coefficient (Wildman–Crippen LogP) is 3.63. The normalized spacial score (nSPS) is 17.4. The minimum atomic E-state index is -0.372. The maximum absolute atomic E-state index is 10.7. The Morgan fingerprint density at radius 3 is 2.38 bits per heavy atom. The Kier molecular flexibility index (Phi) is 5.05. The third-order valence-corrected chi connectivity index (χ3v) is 4.71. The van der Waals surface area contributed by atoms with Crippen LogP contribution in [0.3, 0.4) is 0 Å². The average molecular weight is 326 g/mol. The summed E-state index contributed by atoms with van der Waals surface area (Å²) in [5.74, 6) is 0. The fourth-order valence-electron chi connectivity index (χ4n) is 3.20. The molecule has 1 saturated heterocycles. The molecule has 6 heteroatoms. The minimum absolute atomic E-state index is 0.126. The summed E-state index contributed by atoms with van der Waals surface area (Å²) in [6.07, 6.45) is 5.81. The number of anilines is 1. The van der Waals surface area contributed by atoms with E-state index < -0.39 is 0 Å².